The average Bonchev–Trinajstić information content (AvgIpc) is 2.64. The third-order valence-corrected chi connectivity index (χ3v) is 6.77. The highest BCUT2D eigenvalue weighted by Gasteiger charge is 2.42. The molecule has 0 unspecified atom stereocenters. The highest BCUT2D eigenvalue weighted by molar-refractivity contribution is 6.32. The summed E-state index contributed by atoms with van der Waals surface area (Å²) in [5, 5.41) is 1.92. The van der Waals surface area contributed by atoms with E-state index in [-0.39, 0.29) is 23.1 Å². The van der Waals surface area contributed by atoms with E-state index in [9.17, 15) is 4.79 Å². The standard InChI is InChI=1S/C22H31ClN2O2/c1-4-5-20(24)22(14(2)3)9-6-16(7-10-22)27-19-12-15-8-11-25-21(26)17(15)13-18(19)23/h8,11-14,16,20H,4-7,9-10,24H2,1-3H3,(H,25,26)/t16?,20-,22?/m0/s1. The Labute approximate surface area is 166 Å². The molecule has 1 atom stereocenters. The van der Waals surface area contributed by atoms with E-state index in [0.29, 0.717) is 22.1 Å². The summed E-state index contributed by atoms with van der Waals surface area (Å²) in [6.45, 7) is 6.80. The number of pyridine rings is 1. The lowest BCUT2D eigenvalue weighted by Crippen LogP contribution is -2.49. The third-order valence-electron chi connectivity index (χ3n) is 6.47. The molecule has 0 bridgehead atoms. The molecule has 5 heteroatoms. The first-order valence-corrected chi connectivity index (χ1v) is 10.5. The van der Waals surface area contributed by atoms with Crippen molar-refractivity contribution in [3.63, 3.8) is 0 Å². The van der Waals surface area contributed by atoms with Crippen molar-refractivity contribution in [2.75, 3.05) is 0 Å². The smallest absolute Gasteiger partial charge is 0.255 e. The van der Waals surface area contributed by atoms with Crippen LogP contribution in [0.1, 0.15) is 59.3 Å². The average molecular weight is 391 g/mol. The molecule has 1 heterocycles. The Morgan fingerprint density at radius 2 is 2.04 bits per heavy atom. The van der Waals surface area contributed by atoms with Gasteiger partial charge in [-0.2, -0.15) is 0 Å². The molecule has 1 aromatic heterocycles. The van der Waals surface area contributed by atoms with E-state index in [1.807, 2.05) is 12.1 Å². The van der Waals surface area contributed by atoms with Crippen LogP contribution in [0.15, 0.2) is 29.2 Å². The Balaban J connectivity index is 1.74. The molecule has 0 aliphatic heterocycles. The van der Waals surface area contributed by atoms with Crippen molar-refractivity contribution in [3.8, 4) is 5.75 Å². The number of fused-ring (bicyclic) bond motifs is 1. The van der Waals surface area contributed by atoms with Gasteiger partial charge in [0.05, 0.1) is 11.1 Å². The molecule has 0 radical (unpaired) electrons. The van der Waals surface area contributed by atoms with Crippen molar-refractivity contribution in [3.05, 3.63) is 39.8 Å². The molecule has 148 valence electrons. The number of hydrogen-bond acceptors (Lipinski definition) is 3. The van der Waals surface area contributed by atoms with E-state index < -0.39 is 0 Å². The van der Waals surface area contributed by atoms with E-state index in [0.717, 1.165) is 43.9 Å². The SMILES string of the molecule is CCC[C@H](N)C1(C(C)C)CCC(Oc2cc3cc[nH]c(=O)c3cc2Cl)CC1. The van der Waals surface area contributed by atoms with Crippen LogP contribution < -0.4 is 16.0 Å². The van der Waals surface area contributed by atoms with Crippen LogP contribution >= 0.6 is 11.6 Å². The summed E-state index contributed by atoms with van der Waals surface area (Å²) in [6, 6.07) is 5.69. The largest absolute Gasteiger partial charge is 0.489 e. The number of benzene rings is 1. The van der Waals surface area contributed by atoms with Crippen molar-refractivity contribution in [1.82, 2.24) is 4.98 Å². The normalized spacial score (nSPS) is 24.3. The molecule has 3 N–H and O–H groups in total. The number of hydrogen-bond donors (Lipinski definition) is 2. The first-order chi connectivity index (χ1) is 12.9. The predicted octanol–water partition coefficient (Wildman–Crippen LogP) is 5.27. The summed E-state index contributed by atoms with van der Waals surface area (Å²) >= 11 is 6.39. The maximum absolute atomic E-state index is 11.9. The summed E-state index contributed by atoms with van der Waals surface area (Å²) in [5.74, 6) is 1.23. The molecule has 1 saturated carbocycles. The van der Waals surface area contributed by atoms with Crippen LogP contribution in [0.25, 0.3) is 10.8 Å². The number of nitrogens with two attached hydrogens (primary N) is 1. The van der Waals surface area contributed by atoms with E-state index in [1.54, 1.807) is 12.3 Å². The second-order valence-corrected chi connectivity index (χ2v) is 8.68. The van der Waals surface area contributed by atoms with E-state index >= 15 is 0 Å². The van der Waals surface area contributed by atoms with Crippen LogP contribution in [0, 0.1) is 11.3 Å². The van der Waals surface area contributed by atoms with Gasteiger partial charge in [-0.15, -0.1) is 0 Å². The van der Waals surface area contributed by atoms with Crippen LogP contribution in [0.4, 0.5) is 0 Å². The molecule has 1 aliphatic carbocycles. The van der Waals surface area contributed by atoms with Gasteiger partial charge in [0.15, 0.2) is 0 Å². The predicted molar refractivity (Wildman–Crippen MR) is 113 cm³/mol. The molecule has 27 heavy (non-hydrogen) atoms. The molecule has 3 rings (SSSR count). The van der Waals surface area contributed by atoms with Crippen molar-refractivity contribution < 1.29 is 4.74 Å². The summed E-state index contributed by atoms with van der Waals surface area (Å²) in [4.78, 5) is 14.6. The Hall–Kier alpha value is -1.52. The monoisotopic (exact) mass is 390 g/mol. The number of nitrogens with one attached hydrogen (secondary N) is 1. The zero-order valence-corrected chi connectivity index (χ0v) is 17.3. The Morgan fingerprint density at radius 3 is 2.67 bits per heavy atom. The quantitative estimate of drug-likeness (QED) is 0.705. The second kappa shape index (κ2) is 8.24. The van der Waals surface area contributed by atoms with Crippen LogP contribution in [0.2, 0.25) is 5.02 Å². The minimum Gasteiger partial charge on any atom is -0.489 e. The van der Waals surface area contributed by atoms with Crippen LogP contribution in [0.3, 0.4) is 0 Å². The number of aromatic amines is 1. The zero-order chi connectivity index (χ0) is 19.6. The highest BCUT2D eigenvalue weighted by atomic mass is 35.5. The summed E-state index contributed by atoms with van der Waals surface area (Å²) in [6.07, 6.45) is 8.13. The van der Waals surface area contributed by atoms with Gasteiger partial charge in [0.2, 0.25) is 0 Å². The van der Waals surface area contributed by atoms with Gasteiger partial charge in [-0.05, 0) is 67.0 Å². The Bertz CT molecular complexity index is 838. The highest BCUT2D eigenvalue weighted by Crippen LogP contribution is 2.46. The molecule has 2 aromatic rings. The number of ether oxygens (including phenoxy) is 1. The maximum Gasteiger partial charge on any atom is 0.255 e. The first kappa shape index (κ1) is 20.2. The first-order valence-electron chi connectivity index (χ1n) is 10.1. The van der Waals surface area contributed by atoms with Crippen molar-refractivity contribution in [2.45, 2.75) is 71.4 Å². The molecule has 0 amide bonds. The van der Waals surface area contributed by atoms with E-state index in [2.05, 4.69) is 25.8 Å². The summed E-state index contributed by atoms with van der Waals surface area (Å²) in [5.41, 5.74) is 6.67. The molecule has 4 nitrogen and oxygen atoms in total. The van der Waals surface area contributed by atoms with Gasteiger partial charge in [-0.3, -0.25) is 4.79 Å². The molecular weight excluding hydrogens is 360 g/mol. The minimum atomic E-state index is -0.134. The lowest BCUT2D eigenvalue weighted by molar-refractivity contribution is 0.0243. The number of H-pyrrole nitrogens is 1. The fourth-order valence-electron chi connectivity index (χ4n) is 4.68. The van der Waals surface area contributed by atoms with Gasteiger partial charge < -0.3 is 15.5 Å². The van der Waals surface area contributed by atoms with Gasteiger partial charge in [-0.1, -0.05) is 38.8 Å². The minimum absolute atomic E-state index is 0.134. The Kier molecular flexibility index (Phi) is 6.17. The number of halogens is 1. The maximum atomic E-state index is 11.9. The topological polar surface area (TPSA) is 68.1 Å². The van der Waals surface area contributed by atoms with Gasteiger partial charge in [0.1, 0.15) is 5.75 Å². The van der Waals surface area contributed by atoms with Crippen LogP contribution in [0.5, 0.6) is 5.75 Å². The van der Waals surface area contributed by atoms with Gasteiger partial charge in [-0.25, -0.2) is 0 Å². The van der Waals surface area contributed by atoms with Gasteiger partial charge in [0.25, 0.3) is 5.56 Å². The summed E-state index contributed by atoms with van der Waals surface area (Å²) in [7, 11) is 0. The van der Waals surface area contributed by atoms with Gasteiger partial charge >= 0.3 is 0 Å². The third kappa shape index (κ3) is 4.02. The lowest BCUT2D eigenvalue weighted by Gasteiger charge is -2.47. The number of aromatic nitrogens is 1. The zero-order valence-electron chi connectivity index (χ0n) is 16.6. The number of rotatable bonds is 6. The summed E-state index contributed by atoms with van der Waals surface area (Å²) < 4.78 is 6.26. The molecule has 1 aromatic carbocycles. The second-order valence-electron chi connectivity index (χ2n) is 8.28. The van der Waals surface area contributed by atoms with E-state index in [4.69, 9.17) is 22.1 Å². The van der Waals surface area contributed by atoms with Crippen molar-refractivity contribution in [2.24, 2.45) is 17.1 Å². The fourth-order valence-corrected chi connectivity index (χ4v) is 4.89. The molecular formula is C22H31ClN2O2. The molecule has 1 fully saturated rings. The van der Waals surface area contributed by atoms with Crippen molar-refractivity contribution >= 4 is 22.4 Å². The molecule has 0 saturated heterocycles. The molecule has 1 aliphatic rings. The lowest BCUT2D eigenvalue weighted by atomic mass is 9.61. The van der Waals surface area contributed by atoms with E-state index in [1.165, 1.54) is 0 Å². The Morgan fingerprint density at radius 1 is 1.33 bits per heavy atom. The van der Waals surface area contributed by atoms with Crippen LogP contribution in [-0.2, 0) is 0 Å². The van der Waals surface area contributed by atoms with Crippen molar-refractivity contribution in [1.29, 1.82) is 0 Å². The van der Waals surface area contributed by atoms with Crippen LogP contribution in [-0.4, -0.2) is 17.1 Å². The molecule has 0 spiro atoms. The fraction of sp³-hybridized carbons (Fsp3) is 0.591. The van der Waals surface area contributed by atoms with Gasteiger partial charge in [0, 0.05) is 17.6 Å².